The van der Waals surface area contributed by atoms with Crippen molar-refractivity contribution in [2.75, 3.05) is 6.54 Å². The van der Waals surface area contributed by atoms with E-state index in [1.54, 1.807) is 0 Å². The molecular weight excluding hydrogens is 213 g/mol. The van der Waals surface area contributed by atoms with Crippen LogP contribution in [0.3, 0.4) is 0 Å². The molecule has 0 spiro atoms. The maximum Gasteiger partial charge on any atom is 0.203 e. The number of rotatable bonds is 1. The minimum Gasteiger partial charge on any atom is -0.277 e. The first-order chi connectivity index (χ1) is 5.77. The van der Waals surface area contributed by atoms with Gasteiger partial charge in [-0.1, -0.05) is 9.39 Å². The molecule has 12 heavy (non-hydrogen) atoms. The summed E-state index contributed by atoms with van der Waals surface area (Å²) < 4.78 is 6.92. The maximum atomic E-state index is 5.71. The van der Waals surface area contributed by atoms with Crippen LogP contribution < -0.4 is 0 Å². The lowest BCUT2D eigenvalue weighted by atomic mass is 10.2. The van der Waals surface area contributed by atoms with Gasteiger partial charge in [0.15, 0.2) is 5.82 Å². The largest absolute Gasteiger partial charge is 0.277 e. The summed E-state index contributed by atoms with van der Waals surface area (Å²) in [7, 11) is 2.71. The molecule has 1 aromatic rings. The van der Waals surface area contributed by atoms with Crippen LogP contribution in [0, 0.1) is 0 Å². The molecule has 0 N–H and O–H groups in total. The lowest BCUT2D eigenvalue weighted by molar-refractivity contribution is 0.435. The van der Waals surface area contributed by atoms with Crippen molar-refractivity contribution >= 4 is 32.5 Å². The summed E-state index contributed by atoms with van der Waals surface area (Å²) >= 11 is 6.97. The molecule has 0 aliphatic carbocycles. The predicted octanol–water partition coefficient (Wildman–Crippen LogP) is 2.12. The van der Waals surface area contributed by atoms with Gasteiger partial charge in [-0.05, 0) is 36.0 Å². The van der Waals surface area contributed by atoms with E-state index in [1.807, 2.05) is 0 Å². The Morgan fingerprint density at radius 3 is 3.00 bits per heavy atom. The molecule has 3 nitrogen and oxygen atoms in total. The van der Waals surface area contributed by atoms with E-state index >= 15 is 0 Å². The van der Waals surface area contributed by atoms with Crippen molar-refractivity contribution in [2.45, 2.75) is 18.9 Å². The van der Waals surface area contributed by atoms with Crippen molar-refractivity contribution in [1.29, 1.82) is 0 Å². The first-order valence-corrected chi connectivity index (χ1v) is 5.44. The van der Waals surface area contributed by atoms with Crippen molar-refractivity contribution in [3.8, 4) is 0 Å². The van der Waals surface area contributed by atoms with Crippen LogP contribution in [0.1, 0.15) is 24.7 Å². The number of nitrogens with zero attached hydrogens (tertiary/aromatic N) is 3. The van der Waals surface area contributed by atoms with Crippen LogP contribution in [0.2, 0.25) is 4.47 Å². The van der Waals surface area contributed by atoms with E-state index in [4.69, 9.17) is 11.6 Å². The van der Waals surface area contributed by atoms with E-state index in [-0.39, 0.29) is 0 Å². The zero-order valence-electron chi connectivity index (χ0n) is 6.40. The van der Waals surface area contributed by atoms with Crippen molar-refractivity contribution in [3.63, 3.8) is 0 Å². The van der Waals surface area contributed by atoms with Gasteiger partial charge in [-0.3, -0.25) is 4.67 Å². The third-order valence-electron chi connectivity index (χ3n) is 2.01. The average molecular weight is 222 g/mol. The van der Waals surface area contributed by atoms with Crippen LogP contribution in [-0.4, -0.2) is 20.6 Å². The second-order valence-corrected chi connectivity index (χ2v) is 4.80. The fourth-order valence-corrected chi connectivity index (χ4v) is 2.54. The molecule has 6 heteroatoms. The first kappa shape index (κ1) is 8.82. The van der Waals surface area contributed by atoms with Crippen LogP contribution in [-0.2, 0) is 0 Å². The molecular formula is C6H9ClN3PS. The van der Waals surface area contributed by atoms with Gasteiger partial charge in [0, 0.05) is 6.54 Å². The molecule has 1 aromatic heterocycles. The normalized spacial score (nSPS) is 25.0. The molecule has 0 bridgehead atoms. The summed E-state index contributed by atoms with van der Waals surface area (Å²) in [4.78, 5) is 4.16. The molecule has 66 valence electrons. The molecule has 1 aliphatic heterocycles. The molecule has 2 rings (SSSR count). The Balaban J connectivity index is 2.19. The zero-order chi connectivity index (χ0) is 8.55. The van der Waals surface area contributed by atoms with Crippen molar-refractivity contribution in [2.24, 2.45) is 0 Å². The number of halogens is 1. The second kappa shape index (κ2) is 3.54. The Kier molecular flexibility index (Phi) is 2.60. The van der Waals surface area contributed by atoms with E-state index in [2.05, 4.69) is 23.4 Å². The minimum atomic E-state index is 0.360. The Morgan fingerprint density at radius 1 is 1.67 bits per heavy atom. The van der Waals surface area contributed by atoms with Crippen LogP contribution in [0.15, 0.2) is 0 Å². The van der Waals surface area contributed by atoms with Gasteiger partial charge in [0.25, 0.3) is 0 Å². The molecule has 2 heterocycles. The maximum absolute atomic E-state index is 5.71. The molecule has 1 fully saturated rings. The Hall–Kier alpha value is 0.240. The van der Waals surface area contributed by atoms with Crippen LogP contribution in [0.5, 0.6) is 0 Å². The van der Waals surface area contributed by atoms with E-state index in [9.17, 15) is 0 Å². The highest BCUT2D eigenvalue weighted by molar-refractivity contribution is 7.13. The molecule has 0 aromatic carbocycles. The SMILES string of the molecule is PN1CCC[C@H]1c1nsc(Cl)n1. The lowest BCUT2D eigenvalue weighted by Crippen LogP contribution is -2.11. The summed E-state index contributed by atoms with van der Waals surface area (Å²) in [5.74, 6) is 0.873. The fourth-order valence-electron chi connectivity index (χ4n) is 1.42. The van der Waals surface area contributed by atoms with Crippen molar-refractivity contribution in [1.82, 2.24) is 14.0 Å². The monoisotopic (exact) mass is 221 g/mol. The van der Waals surface area contributed by atoms with Gasteiger partial charge in [0.05, 0.1) is 6.04 Å². The van der Waals surface area contributed by atoms with Gasteiger partial charge in [-0.15, -0.1) is 0 Å². The summed E-state index contributed by atoms with van der Waals surface area (Å²) in [5.41, 5.74) is 0. The molecule has 2 atom stereocenters. The first-order valence-electron chi connectivity index (χ1n) is 3.78. The molecule has 0 radical (unpaired) electrons. The highest BCUT2D eigenvalue weighted by Crippen LogP contribution is 2.33. The summed E-state index contributed by atoms with van der Waals surface area (Å²) in [6.45, 7) is 1.10. The molecule has 1 aliphatic rings. The molecule has 0 saturated carbocycles. The number of aromatic nitrogens is 2. The molecule has 1 saturated heterocycles. The average Bonchev–Trinajstić information content (AvgIpc) is 2.58. The Morgan fingerprint density at radius 2 is 2.50 bits per heavy atom. The smallest absolute Gasteiger partial charge is 0.203 e. The third kappa shape index (κ3) is 1.62. The van der Waals surface area contributed by atoms with Gasteiger partial charge >= 0.3 is 0 Å². The zero-order valence-corrected chi connectivity index (χ0v) is 9.13. The van der Waals surface area contributed by atoms with Gasteiger partial charge < -0.3 is 0 Å². The van der Waals surface area contributed by atoms with E-state index in [0.717, 1.165) is 18.8 Å². The number of hydrogen-bond donors (Lipinski definition) is 0. The Bertz CT molecular complexity index is 280. The highest BCUT2D eigenvalue weighted by atomic mass is 35.5. The topological polar surface area (TPSA) is 29.0 Å². The molecule has 0 amide bonds. The summed E-state index contributed by atoms with van der Waals surface area (Å²) in [6, 6.07) is 0.360. The standard InChI is InChI=1S/C6H9ClN3PS/c7-6-8-5(9-12-6)4-2-1-3-10(4)11/h4H,1-3,11H2/t4-/m0/s1. The molecule has 1 unspecified atom stereocenters. The van der Waals surface area contributed by atoms with Gasteiger partial charge in [-0.2, -0.15) is 4.37 Å². The summed E-state index contributed by atoms with van der Waals surface area (Å²) in [6.07, 6.45) is 2.35. The lowest BCUT2D eigenvalue weighted by Gasteiger charge is -2.14. The van der Waals surface area contributed by atoms with E-state index in [0.29, 0.717) is 10.5 Å². The van der Waals surface area contributed by atoms with Gasteiger partial charge in [-0.25, -0.2) is 4.98 Å². The highest BCUT2D eigenvalue weighted by Gasteiger charge is 2.26. The third-order valence-corrected chi connectivity index (χ3v) is 3.44. The Labute approximate surface area is 82.6 Å². The van der Waals surface area contributed by atoms with Crippen molar-refractivity contribution in [3.05, 3.63) is 10.3 Å². The predicted molar refractivity (Wildman–Crippen MR) is 53.3 cm³/mol. The van der Waals surface area contributed by atoms with Crippen LogP contribution in [0.4, 0.5) is 0 Å². The van der Waals surface area contributed by atoms with Gasteiger partial charge in [0.1, 0.15) is 0 Å². The quantitative estimate of drug-likeness (QED) is 0.681. The van der Waals surface area contributed by atoms with E-state index in [1.165, 1.54) is 18.0 Å². The number of hydrogen-bond acceptors (Lipinski definition) is 4. The minimum absolute atomic E-state index is 0.360. The van der Waals surface area contributed by atoms with E-state index < -0.39 is 0 Å². The van der Waals surface area contributed by atoms with Crippen LogP contribution >= 0.6 is 32.5 Å². The summed E-state index contributed by atoms with van der Waals surface area (Å²) in [5, 5.41) is 0. The van der Waals surface area contributed by atoms with Crippen molar-refractivity contribution < 1.29 is 0 Å². The fraction of sp³-hybridized carbons (Fsp3) is 0.667. The van der Waals surface area contributed by atoms with Crippen LogP contribution in [0.25, 0.3) is 0 Å². The van der Waals surface area contributed by atoms with Gasteiger partial charge in [0.2, 0.25) is 4.47 Å². The second-order valence-electron chi connectivity index (χ2n) is 2.80.